The van der Waals surface area contributed by atoms with Crippen LogP contribution in [0.25, 0.3) is 0 Å². The van der Waals surface area contributed by atoms with Gasteiger partial charge in [-0.3, -0.25) is 9.59 Å². The molecule has 4 nitrogen and oxygen atoms in total. The number of nitrogens with zero attached hydrogens (tertiary/aromatic N) is 1. The number of hydrogen-bond acceptors (Lipinski definition) is 4. The quantitative estimate of drug-likeness (QED) is 0.813. The van der Waals surface area contributed by atoms with E-state index in [0.717, 1.165) is 18.4 Å². The number of carbonyl (C=O) groups is 2. The van der Waals surface area contributed by atoms with Crippen molar-refractivity contribution in [2.75, 3.05) is 18.6 Å². The van der Waals surface area contributed by atoms with Crippen molar-refractivity contribution in [2.24, 2.45) is 0 Å². The first kappa shape index (κ1) is 16.5. The molecule has 0 spiro atoms. The Balaban J connectivity index is 1.43. The highest BCUT2D eigenvalue weighted by Gasteiger charge is 2.36. The molecule has 2 fully saturated rings. The average Bonchev–Trinajstić information content (AvgIpc) is 2.92. The zero-order valence-electron chi connectivity index (χ0n) is 13.5. The lowest BCUT2D eigenvalue weighted by Gasteiger charge is -2.35. The highest BCUT2D eigenvalue weighted by molar-refractivity contribution is 8.00. The molecule has 1 amide bonds. The van der Waals surface area contributed by atoms with E-state index in [1.807, 2.05) is 42.3 Å². The molecular weight excluding hydrogens is 308 g/mol. The highest BCUT2D eigenvalue weighted by atomic mass is 32.2. The van der Waals surface area contributed by atoms with Crippen molar-refractivity contribution in [3.8, 4) is 0 Å². The van der Waals surface area contributed by atoms with Crippen LogP contribution >= 0.6 is 11.8 Å². The summed E-state index contributed by atoms with van der Waals surface area (Å²) in [6.45, 7) is 0. The Morgan fingerprint density at radius 3 is 2.43 bits per heavy atom. The molecule has 0 saturated carbocycles. The Hall–Kier alpha value is -1.33. The fraction of sp³-hybridized carbons (Fsp3) is 0.556. The van der Waals surface area contributed by atoms with Crippen molar-refractivity contribution < 1.29 is 9.59 Å². The minimum Gasteiger partial charge on any atom is -0.342 e. The number of piperidine rings is 1. The molecule has 1 N–H and O–H groups in total. The minimum absolute atomic E-state index is 0.0889. The Labute approximate surface area is 142 Å². The summed E-state index contributed by atoms with van der Waals surface area (Å²) >= 11 is 1.42. The van der Waals surface area contributed by atoms with E-state index in [-0.39, 0.29) is 11.7 Å². The zero-order valence-corrected chi connectivity index (χ0v) is 14.3. The van der Waals surface area contributed by atoms with Gasteiger partial charge in [-0.15, -0.1) is 11.8 Å². The number of rotatable bonds is 6. The van der Waals surface area contributed by atoms with Crippen molar-refractivity contribution in [2.45, 2.75) is 43.8 Å². The van der Waals surface area contributed by atoms with Crippen LogP contribution in [0.15, 0.2) is 30.3 Å². The van der Waals surface area contributed by atoms with Crippen LogP contribution in [0, 0.1) is 0 Å². The first-order chi connectivity index (χ1) is 11.1. The van der Waals surface area contributed by atoms with Gasteiger partial charge in [0.1, 0.15) is 0 Å². The van der Waals surface area contributed by atoms with E-state index < -0.39 is 0 Å². The average molecular weight is 332 g/mol. The molecule has 0 aliphatic carbocycles. The molecule has 1 aromatic carbocycles. The first-order valence-electron chi connectivity index (χ1n) is 8.31. The number of Topliss-reactive ketones (excluding diaryl/α,β-unsaturated/α-hetero) is 1. The van der Waals surface area contributed by atoms with E-state index in [9.17, 15) is 9.59 Å². The Bertz CT molecular complexity index is 551. The van der Waals surface area contributed by atoms with E-state index in [4.69, 9.17) is 0 Å². The summed E-state index contributed by atoms with van der Waals surface area (Å²) in [5.41, 5.74) is 0.718. The summed E-state index contributed by atoms with van der Waals surface area (Å²) in [5, 5.41) is 3.60. The Morgan fingerprint density at radius 2 is 1.78 bits per heavy atom. The molecule has 23 heavy (non-hydrogen) atoms. The number of nitrogens with one attached hydrogen (secondary N) is 1. The Morgan fingerprint density at radius 1 is 1.13 bits per heavy atom. The normalized spacial score (nSPS) is 26.0. The van der Waals surface area contributed by atoms with Gasteiger partial charge in [0.25, 0.3) is 0 Å². The molecule has 2 saturated heterocycles. The summed E-state index contributed by atoms with van der Waals surface area (Å²) in [4.78, 5) is 26.3. The van der Waals surface area contributed by atoms with Crippen LogP contribution in [0.1, 0.15) is 36.0 Å². The van der Waals surface area contributed by atoms with Gasteiger partial charge in [0.2, 0.25) is 5.91 Å². The number of fused-ring (bicyclic) bond motifs is 2. The number of thioether (sulfide) groups is 1. The fourth-order valence-electron chi connectivity index (χ4n) is 3.59. The van der Waals surface area contributed by atoms with Crippen molar-refractivity contribution in [1.82, 2.24) is 10.2 Å². The third-order valence-electron chi connectivity index (χ3n) is 4.94. The van der Waals surface area contributed by atoms with Crippen LogP contribution in [0.4, 0.5) is 0 Å². The first-order valence-corrected chi connectivity index (χ1v) is 9.46. The van der Waals surface area contributed by atoms with Gasteiger partial charge in [0.15, 0.2) is 5.78 Å². The lowest BCUT2D eigenvalue weighted by atomic mass is 9.98. The van der Waals surface area contributed by atoms with Gasteiger partial charge in [0.05, 0.1) is 11.5 Å². The maximum absolute atomic E-state index is 12.4. The van der Waals surface area contributed by atoms with Crippen molar-refractivity contribution >= 4 is 23.5 Å². The third kappa shape index (κ3) is 4.15. The fourth-order valence-corrected chi connectivity index (χ4v) is 4.42. The van der Waals surface area contributed by atoms with Crippen LogP contribution in [-0.4, -0.2) is 53.3 Å². The lowest BCUT2D eigenvalue weighted by Crippen LogP contribution is -2.49. The molecule has 2 aliphatic rings. The summed E-state index contributed by atoms with van der Waals surface area (Å²) in [5.74, 6) is 0.975. The summed E-state index contributed by atoms with van der Waals surface area (Å²) in [7, 11) is 1.91. The predicted molar refractivity (Wildman–Crippen MR) is 93.8 cm³/mol. The van der Waals surface area contributed by atoms with Gasteiger partial charge in [-0.05, 0) is 25.7 Å². The largest absolute Gasteiger partial charge is 0.342 e. The molecule has 0 radical (unpaired) electrons. The summed E-state index contributed by atoms with van der Waals surface area (Å²) in [6, 6.07) is 10.8. The van der Waals surface area contributed by atoms with E-state index in [2.05, 4.69) is 5.32 Å². The molecular formula is C18H24N2O2S. The smallest absolute Gasteiger partial charge is 0.232 e. The number of ketones is 1. The molecule has 0 aromatic heterocycles. The molecule has 2 bridgehead atoms. The topological polar surface area (TPSA) is 49.4 Å². The second-order valence-electron chi connectivity index (χ2n) is 6.55. The van der Waals surface area contributed by atoms with Gasteiger partial charge in [0, 0.05) is 30.7 Å². The van der Waals surface area contributed by atoms with Crippen LogP contribution in [0.2, 0.25) is 0 Å². The Kier molecular flexibility index (Phi) is 5.38. The minimum atomic E-state index is 0.0889. The van der Waals surface area contributed by atoms with Gasteiger partial charge in [-0.25, -0.2) is 0 Å². The molecule has 2 atom stereocenters. The van der Waals surface area contributed by atoms with E-state index in [1.165, 1.54) is 24.6 Å². The number of amides is 1. The highest BCUT2D eigenvalue weighted by Crippen LogP contribution is 2.29. The second-order valence-corrected chi connectivity index (χ2v) is 7.54. The maximum Gasteiger partial charge on any atom is 0.232 e. The van der Waals surface area contributed by atoms with E-state index in [1.54, 1.807) is 0 Å². The van der Waals surface area contributed by atoms with Gasteiger partial charge >= 0.3 is 0 Å². The van der Waals surface area contributed by atoms with Crippen LogP contribution in [-0.2, 0) is 4.79 Å². The van der Waals surface area contributed by atoms with Gasteiger partial charge < -0.3 is 10.2 Å². The molecule has 1 aromatic rings. The molecule has 2 unspecified atom stereocenters. The number of hydrogen-bond donors (Lipinski definition) is 1. The molecule has 3 rings (SSSR count). The van der Waals surface area contributed by atoms with Crippen molar-refractivity contribution in [3.05, 3.63) is 35.9 Å². The van der Waals surface area contributed by atoms with E-state index >= 15 is 0 Å². The molecule has 5 heteroatoms. The van der Waals surface area contributed by atoms with Crippen LogP contribution in [0.5, 0.6) is 0 Å². The standard InChI is InChI=1S/C18H24N2O2S/c1-20(16-9-14-7-8-15(10-16)19-14)18(22)12-23-11-17(21)13-5-3-2-4-6-13/h2-6,14-16,19H,7-12H2,1H3. The van der Waals surface area contributed by atoms with Gasteiger partial charge in [-0.2, -0.15) is 0 Å². The summed E-state index contributed by atoms with van der Waals surface area (Å²) in [6.07, 6.45) is 4.60. The monoisotopic (exact) mass is 332 g/mol. The second kappa shape index (κ2) is 7.49. The van der Waals surface area contributed by atoms with Crippen molar-refractivity contribution in [3.63, 3.8) is 0 Å². The van der Waals surface area contributed by atoms with Crippen LogP contribution < -0.4 is 5.32 Å². The maximum atomic E-state index is 12.4. The molecule has 124 valence electrons. The van der Waals surface area contributed by atoms with Gasteiger partial charge in [-0.1, -0.05) is 30.3 Å². The predicted octanol–water partition coefficient (Wildman–Crippen LogP) is 2.34. The third-order valence-corrected chi connectivity index (χ3v) is 5.86. The molecule has 2 heterocycles. The molecule has 2 aliphatic heterocycles. The van der Waals surface area contributed by atoms with Crippen LogP contribution in [0.3, 0.4) is 0 Å². The van der Waals surface area contributed by atoms with E-state index in [0.29, 0.717) is 29.6 Å². The summed E-state index contributed by atoms with van der Waals surface area (Å²) < 4.78 is 0. The number of benzene rings is 1. The lowest BCUT2D eigenvalue weighted by molar-refractivity contribution is -0.129. The van der Waals surface area contributed by atoms with Crippen molar-refractivity contribution in [1.29, 1.82) is 0 Å². The SMILES string of the molecule is CN(C(=O)CSCC(=O)c1ccccc1)C1CC2CCC(C1)N2. The number of carbonyl (C=O) groups excluding carboxylic acids is 2. The zero-order chi connectivity index (χ0) is 16.2.